The number of hydrogen-bond donors (Lipinski definition) is 0. The molecule has 1 atom stereocenters. The lowest BCUT2D eigenvalue weighted by molar-refractivity contribution is 0.339. The zero-order valence-electron chi connectivity index (χ0n) is 13.1. The number of aryl methyl sites for hydroxylation is 1. The van der Waals surface area contributed by atoms with Gasteiger partial charge in [-0.3, -0.25) is 4.98 Å². The van der Waals surface area contributed by atoms with E-state index in [2.05, 4.69) is 11.9 Å². The molecule has 3 nitrogen and oxygen atoms in total. The molecule has 0 spiro atoms. The maximum absolute atomic E-state index is 6.17. The number of hydrogen-bond acceptors (Lipinski definition) is 4. The minimum atomic E-state index is -2.57. The summed E-state index contributed by atoms with van der Waals surface area (Å²) >= 11 is 5.76. The second-order valence-electron chi connectivity index (χ2n) is 5.15. The Morgan fingerprint density at radius 1 is 1.09 bits per heavy atom. The molecule has 3 rings (SSSR count). The van der Waals surface area contributed by atoms with E-state index in [9.17, 15) is 0 Å². The highest BCUT2D eigenvalue weighted by atomic mass is 32.5. The van der Waals surface area contributed by atoms with E-state index in [0.29, 0.717) is 12.4 Å². The van der Waals surface area contributed by atoms with E-state index >= 15 is 0 Å². The van der Waals surface area contributed by atoms with Crippen LogP contribution in [0.1, 0.15) is 12.5 Å². The van der Waals surface area contributed by atoms with Gasteiger partial charge < -0.3 is 9.05 Å². The molecular weight excluding hydrogens is 325 g/mol. The van der Waals surface area contributed by atoms with Crippen molar-refractivity contribution in [3.8, 4) is 5.75 Å². The number of aromatic nitrogens is 1. The van der Waals surface area contributed by atoms with Crippen molar-refractivity contribution in [3.05, 3.63) is 66.4 Å². The van der Waals surface area contributed by atoms with Crippen molar-refractivity contribution >= 4 is 34.5 Å². The van der Waals surface area contributed by atoms with Gasteiger partial charge in [-0.25, -0.2) is 0 Å². The minimum Gasteiger partial charge on any atom is -0.440 e. The first-order chi connectivity index (χ1) is 11.1. The fourth-order valence-corrected chi connectivity index (χ4v) is 4.91. The van der Waals surface area contributed by atoms with Gasteiger partial charge in [0.1, 0.15) is 5.75 Å². The van der Waals surface area contributed by atoms with Gasteiger partial charge in [-0.2, -0.15) is 0 Å². The highest BCUT2D eigenvalue weighted by Gasteiger charge is 2.23. The molecule has 0 bridgehead atoms. The molecule has 0 N–H and O–H groups in total. The second kappa shape index (κ2) is 6.79. The molecule has 23 heavy (non-hydrogen) atoms. The zero-order chi connectivity index (χ0) is 16.3. The van der Waals surface area contributed by atoms with Crippen LogP contribution in [0.4, 0.5) is 0 Å². The highest BCUT2D eigenvalue weighted by Crippen LogP contribution is 2.47. The van der Waals surface area contributed by atoms with Gasteiger partial charge in [-0.1, -0.05) is 18.2 Å². The Balaban J connectivity index is 2.01. The SMILES string of the molecule is CCOP(=S)(Oc1ccc2nccc(C)c2c1)c1ccccc1. The molecule has 0 saturated heterocycles. The molecule has 0 amide bonds. The molecule has 1 heterocycles. The van der Waals surface area contributed by atoms with Gasteiger partial charge in [0.2, 0.25) is 0 Å². The van der Waals surface area contributed by atoms with Crippen molar-refractivity contribution < 1.29 is 9.05 Å². The first-order valence-electron chi connectivity index (χ1n) is 7.47. The quantitative estimate of drug-likeness (QED) is 0.634. The van der Waals surface area contributed by atoms with Crippen molar-refractivity contribution in [2.24, 2.45) is 0 Å². The first kappa shape index (κ1) is 16.1. The van der Waals surface area contributed by atoms with E-state index in [1.165, 1.54) is 0 Å². The van der Waals surface area contributed by atoms with Crippen LogP contribution in [0.25, 0.3) is 10.9 Å². The maximum atomic E-state index is 6.17. The average molecular weight is 343 g/mol. The summed E-state index contributed by atoms with van der Waals surface area (Å²) in [4.78, 5) is 4.37. The Labute approximate surface area is 141 Å². The molecular formula is C18H18NO2PS. The van der Waals surface area contributed by atoms with Gasteiger partial charge in [0, 0.05) is 16.9 Å². The Morgan fingerprint density at radius 3 is 2.61 bits per heavy atom. The van der Waals surface area contributed by atoms with Crippen LogP contribution in [-0.2, 0) is 16.3 Å². The highest BCUT2D eigenvalue weighted by molar-refractivity contribution is 8.13. The van der Waals surface area contributed by atoms with Gasteiger partial charge >= 0.3 is 0 Å². The van der Waals surface area contributed by atoms with Gasteiger partial charge in [-0.05, 0) is 67.6 Å². The number of fused-ring (bicyclic) bond motifs is 1. The van der Waals surface area contributed by atoms with E-state index in [1.54, 1.807) is 0 Å². The average Bonchev–Trinajstić information content (AvgIpc) is 2.57. The van der Waals surface area contributed by atoms with E-state index < -0.39 is 6.49 Å². The van der Waals surface area contributed by atoms with Crippen LogP contribution in [0.3, 0.4) is 0 Å². The fourth-order valence-electron chi connectivity index (χ4n) is 2.39. The van der Waals surface area contributed by atoms with Crippen LogP contribution in [0, 0.1) is 6.92 Å². The molecule has 0 saturated carbocycles. The van der Waals surface area contributed by atoms with Crippen LogP contribution in [0.2, 0.25) is 0 Å². The Bertz CT molecular complexity index is 867. The predicted octanol–water partition coefficient (Wildman–Crippen LogP) is 4.59. The smallest absolute Gasteiger partial charge is 0.269 e. The fraction of sp³-hybridized carbons (Fsp3) is 0.167. The zero-order valence-corrected chi connectivity index (χ0v) is 14.8. The lowest BCUT2D eigenvalue weighted by Gasteiger charge is -2.23. The molecule has 1 unspecified atom stereocenters. The molecule has 1 aromatic heterocycles. The molecule has 118 valence electrons. The number of pyridine rings is 1. The maximum Gasteiger partial charge on any atom is 0.269 e. The normalized spacial score (nSPS) is 13.7. The van der Waals surface area contributed by atoms with Crippen LogP contribution < -0.4 is 9.83 Å². The number of rotatable bonds is 5. The summed E-state index contributed by atoms with van der Waals surface area (Å²) in [5, 5.41) is 1.98. The molecule has 2 aromatic carbocycles. The Kier molecular flexibility index (Phi) is 4.76. The lowest BCUT2D eigenvalue weighted by Crippen LogP contribution is -2.11. The monoisotopic (exact) mass is 343 g/mol. The molecule has 0 fully saturated rings. The Hall–Kier alpha value is -1.74. The summed E-state index contributed by atoms with van der Waals surface area (Å²) in [5.41, 5.74) is 2.10. The van der Waals surface area contributed by atoms with Crippen molar-refractivity contribution in [1.82, 2.24) is 4.98 Å². The first-order valence-corrected chi connectivity index (χ1v) is 10.1. The summed E-state index contributed by atoms with van der Waals surface area (Å²) in [5.74, 6) is 0.717. The molecule has 0 aliphatic carbocycles. The molecule has 0 radical (unpaired) electrons. The predicted molar refractivity (Wildman–Crippen MR) is 99.1 cm³/mol. The van der Waals surface area contributed by atoms with Crippen molar-refractivity contribution in [1.29, 1.82) is 0 Å². The van der Waals surface area contributed by atoms with Gasteiger partial charge in [0.05, 0.1) is 12.1 Å². The largest absolute Gasteiger partial charge is 0.440 e. The summed E-state index contributed by atoms with van der Waals surface area (Å²) in [6, 6.07) is 17.6. The van der Waals surface area contributed by atoms with Crippen LogP contribution >= 0.6 is 6.49 Å². The summed E-state index contributed by atoms with van der Waals surface area (Å²) in [7, 11) is 0. The van der Waals surface area contributed by atoms with Crippen LogP contribution in [0.5, 0.6) is 5.75 Å². The van der Waals surface area contributed by atoms with E-state index in [4.69, 9.17) is 20.9 Å². The molecule has 0 aliphatic heterocycles. The van der Waals surface area contributed by atoms with Gasteiger partial charge in [0.15, 0.2) is 0 Å². The van der Waals surface area contributed by atoms with E-state index in [-0.39, 0.29) is 0 Å². The third-order valence-corrected chi connectivity index (χ3v) is 6.68. The third kappa shape index (κ3) is 3.45. The summed E-state index contributed by atoms with van der Waals surface area (Å²) in [6.07, 6.45) is 1.81. The second-order valence-corrected chi connectivity index (χ2v) is 8.54. The molecule has 3 aromatic rings. The molecule has 5 heteroatoms. The topological polar surface area (TPSA) is 31.4 Å². The van der Waals surface area contributed by atoms with Crippen molar-refractivity contribution in [3.63, 3.8) is 0 Å². The Morgan fingerprint density at radius 2 is 1.87 bits per heavy atom. The van der Waals surface area contributed by atoms with Crippen LogP contribution in [0.15, 0.2) is 60.8 Å². The number of benzene rings is 2. The minimum absolute atomic E-state index is 0.514. The van der Waals surface area contributed by atoms with Gasteiger partial charge in [0.25, 0.3) is 6.49 Å². The van der Waals surface area contributed by atoms with Crippen molar-refractivity contribution in [2.75, 3.05) is 6.61 Å². The standard InChI is InChI=1S/C18H18NO2PS/c1-3-20-22(23,16-7-5-4-6-8-16)21-15-9-10-18-17(13-15)14(2)11-12-19-18/h4-13H,3H2,1-2H3. The van der Waals surface area contributed by atoms with E-state index in [0.717, 1.165) is 21.8 Å². The summed E-state index contributed by atoms with van der Waals surface area (Å²) in [6.45, 7) is 1.93. The molecule has 0 aliphatic rings. The van der Waals surface area contributed by atoms with Gasteiger partial charge in [-0.15, -0.1) is 0 Å². The third-order valence-electron chi connectivity index (χ3n) is 3.53. The van der Waals surface area contributed by atoms with Crippen molar-refractivity contribution in [2.45, 2.75) is 13.8 Å². The summed E-state index contributed by atoms with van der Waals surface area (Å²) < 4.78 is 12.0. The number of nitrogens with zero attached hydrogens (tertiary/aromatic N) is 1. The lowest BCUT2D eigenvalue weighted by atomic mass is 10.1. The van der Waals surface area contributed by atoms with Crippen LogP contribution in [-0.4, -0.2) is 11.6 Å². The van der Waals surface area contributed by atoms with E-state index in [1.807, 2.05) is 67.7 Å².